The summed E-state index contributed by atoms with van der Waals surface area (Å²) in [6, 6.07) is 13.7. The van der Waals surface area contributed by atoms with Crippen LogP contribution in [0.1, 0.15) is 111 Å². The maximum absolute atomic E-state index is 14.1. The fourth-order valence-corrected chi connectivity index (χ4v) is 5.11. The molecule has 0 aromatic heterocycles. The lowest BCUT2D eigenvalue weighted by Crippen LogP contribution is -2.34. The van der Waals surface area contributed by atoms with Gasteiger partial charge in [0.2, 0.25) is 0 Å². The smallest absolute Gasteiger partial charge is 0.194 e. The molecule has 0 atom stereocenters. The first-order chi connectivity index (χ1) is 14.6. The van der Waals surface area contributed by atoms with Gasteiger partial charge in [0.15, 0.2) is 11.6 Å². The number of rotatable bonds is 0. The Bertz CT molecular complexity index is 1290. The summed E-state index contributed by atoms with van der Waals surface area (Å²) in [5.74, 6) is -0.0759. The van der Waals surface area contributed by atoms with Gasteiger partial charge in [-0.05, 0) is 61.9 Å². The Labute approximate surface area is 192 Å². The lowest BCUT2D eigenvalue weighted by molar-refractivity contribution is 0.0977. The molecular weight excluding hydrogens is 392 g/mol. The predicted molar refractivity (Wildman–Crippen MR) is 133 cm³/mol. The van der Waals surface area contributed by atoms with E-state index in [9.17, 15) is 9.59 Å². The van der Waals surface area contributed by atoms with Crippen molar-refractivity contribution in [1.29, 1.82) is 0 Å². The maximum atomic E-state index is 14.1. The lowest BCUT2D eigenvalue weighted by Gasteiger charge is -2.39. The molecule has 0 heterocycles. The number of fused-ring (bicyclic) bond motifs is 3. The normalized spacial score (nSPS) is 14.5. The van der Waals surface area contributed by atoms with Crippen molar-refractivity contribution in [3.05, 3.63) is 81.4 Å². The molecule has 0 N–H and O–H groups in total. The average molecular weight is 427 g/mol. The molecule has 1 aliphatic carbocycles. The van der Waals surface area contributed by atoms with Gasteiger partial charge >= 0.3 is 0 Å². The van der Waals surface area contributed by atoms with E-state index in [1.807, 2.05) is 42.5 Å². The summed E-state index contributed by atoms with van der Waals surface area (Å²) < 4.78 is 0. The number of benzene rings is 3. The molecule has 2 nitrogen and oxygen atoms in total. The van der Waals surface area contributed by atoms with E-state index in [2.05, 4.69) is 62.3 Å². The molecule has 4 rings (SSSR count). The van der Waals surface area contributed by atoms with E-state index < -0.39 is 0 Å². The maximum Gasteiger partial charge on any atom is 0.194 e. The van der Waals surface area contributed by atoms with Gasteiger partial charge in [-0.15, -0.1) is 0 Å². The van der Waals surface area contributed by atoms with Crippen LogP contribution in [0.2, 0.25) is 0 Å². The molecule has 0 unspecified atom stereocenters. The summed E-state index contributed by atoms with van der Waals surface area (Å²) in [6.07, 6.45) is 0. The summed E-state index contributed by atoms with van der Waals surface area (Å²) in [5, 5.41) is 1.96. The van der Waals surface area contributed by atoms with Crippen LogP contribution in [0.4, 0.5) is 0 Å². The number of carbonyl (C=O) groups is 2. The van der Waals surface area contributed by atoms with Crippen molar-refractivity contribution in [2.24, 2.45) is 0 Å². The van der Waals surface area contributed by atoms with Gasteiger partial charge < -0.3 is 0 Å². The van der Waals surface area contributed by atoms with Crippen LogP contribution in [-0.2, 0) is 16.2 Å². The molecule has 3 aromatic rings. The first-order valence-corrected chi connectivity index (χ1v) is 11.5. The summed E-state index contributed by atoms with van der Waals surface area (Å²) in [7, 11) is 0. The highest BCUT2D eigenvalue weighted by Gasteiger charge is 2.41. The molecule has 0 bridgehead atoms. The third-order valence-corrected chi connectivity index (χ3v) is 6.48. The van der Waals surface area contributed by atoms with Crippen LogP contribution >= 0.6 is 0 Å². The van der Waals surface area contributed by atoms with Crippen molar-refractivity contribution in [3.8, 4) is 0 Å². The highest BCUT2D eigenvalue weighted by molar-refractivity contribution is 6.30. The van der Waals surface area contributed by atoms with Crippen molar-refractivity contribution < 1.29 is 9.59 Å². The molecule has 166 valence electrons. The standard InChI is InChI=1S/C30H34O2/c1-28(2,3)22-16-21-23(25(30(7,8)9)24(22)29(4,5)6)27(32)20-15-18-13-11-10-12-17(18)14-19(20)26(21)31/h10-16H,1-9H3. The Morgan fingerprint density at radius 3 is 1.44 bits per heavy atom. The van der Waals surface area contributed by atoms with Crippen molar-refractivity contribution >= 4 is 22.3 Å². The van der Waals surface area contributed by atoms with E-state index >= 15 is 0 Å². The summed E-state index contributed by atoms with van der Waals surface area (Å²) in [4.78, 5) is 27.9. The second-order valence-corrected chi connectivity index (χ2v) is 12.2. The van der Waals surface area contributed by atoms with Crippen molar-refractivity contribution in [2.75, 3.05) is 0 Å². The minimum absolute atomic E-state index is 0.0313. The number of hydrogen-bond donors (Lipinski definition) is 0. The van der Waals surface area contributed by atoms with E-state index in [0.717, 1.165) is 21.9 Å². The largest absolute Gasteiger partial charge is 0.289 e. The first kappa shape index (κ1) is 22.5. The minimum Gasteiger partial charge on any atom is -0.289 e. The molecule has 1 aliphatic rings. The van der Waals surface area contributed by atoms with E-state index in [-0.39, 0.29) is 27.8 Å². The third-order valence-electron chi connectivity index (χ3n) is 6.48. The summed E-state index contributed by atoms with van der Waals surface area (Å²) >= 11 is 0. The fourth-order valence-electron chi connectivity index (χ4n) is 5.11. The Hall–Kier alpha value is -2.74. The van der Waals surface area contributed by atoms with Gasteiger partial charge in [0.05, 0.1) is 0 Å². The number of ketones is 2. The van der Waals surface area contributed by atoms with Crippen molar-refractivity contribution in [1.82, 2.24) is 0 Å². The topological polar surface area (TPSA) is 34.1 Å². The monoisotopic (exact) mass is 426 g/mol. The van der Waals surface area contributed by atoms with Gasteiger partial charge in [-0.25, -0.2) is 0 Å². The zero-order valence-electron chi connectivity index (χ0n) is 20.9. The second kappa shape index (κ2) is 6.88. The van der Waals surface area contributed by atoms with E-state index in [1.54, 1.807) is 0 Å². The Morgan fingerprint density at radius 2 is 1.00 bits per heavy atom. The molecule has 0 spiro atoms. The molecule has 2 heteroatoms. The SMILES string of the molecule is CC(C)(C)c1cc2c(c(C(C)(C)C)c1C(C)(C)C)C(=O)c1cc3ccccc3cc1C2=O. The Morgan fingerprint density at radius 1 is 0.531 bits per heavy atom. The molecule has 0 saturated carbocycles. The van der Waals surface area contributed by atoms with E-state index in [1.165, 1.54) is 5.56 Å². The van der Waals surface area contributed by atoms with Crippen LogP contribution < -0.4 is 0 Å². The first-order valence-electron chi connectivity index (χ1n) is 11.5. The number of carbonyl (C=O) groups excluding carboxylic acids is 2. The van der Waals surface area contributed by atoms with Crippen LogP contribution in [0.15, 0.2) is 42.5 Å². The van der Waals surface area contributed by atoms with E-state index in [4.69, 9.17) is 0 Å². The van der Waals surface area contributed by atoms with Crippen LogP contribution in [0, 0.1) is 0 Å². The van der Waals surface area contributed by atoms with Crippen LogP contribution in [0.3, 0.4) is 0 Å². The van der Waals surface area contributed by atoms with Gasteiger partial charge in [-0.1, -0.05) is 86.6 Å². The zero-order valence-corrected chi connectivity index (χ0v) is 20.9. The molecule has 0 fully saturated rings. The minimum atomic E-state index is -0.293. The van der Waals surface area contributed by atoms with Gasteiger partial charge in [-0.3, -0.25) is 9.59 Å². The zero-order chi connectivity index (χ0) is 23.8. The van der Waals surface area contributed by atoms with Crippen LogP contribution in [0.5, 0.6) is 0 Å². The fraction of sp³-hybridized carbons (Fsp3) is 0.400. The van der Waals surface area contributed by atoms with Gasteiger partial charge in [-0.2, -0.15) is 0 Å². The summed E-state index contributed by atoms with van der Waals surface area (Å²) in [5.41, 5.74) is 4.93. The molecule has 0 aliphatic heterocycles. The summed E-state index contributed by atoms with van der Waals surface area (Å²) in [6.45, 7) is 19.6. The average Bonchev–Trinajstić information content (AvgIpc) is 2.67. The van der Waals surface area contributed by atoms with Crippen LogP contribution in [0.25, 0.3) is 10.8 Å². The van der Waals surface area contributed by atoms with Crippen molar-refractivity contribution in [2.45, 2.75) is 78.6 Å². The van der Waals surface area contributed by atoms with Crippen LogP contribution in [-0.4, -0.2) is 11.6 Å². The lowest BCUT2D eigenvalue weighted by atomic mass is 9.64. The van der Waals surface area contributed by atoms with Gasteiger partial charge in [0.1, 0.15) is 0 Å². The Kier molecular flexibility index (Phi) is 4.83. The predicted octanol–water partition coefficient (Wildman–Crippen LogP) is 7.51. The highest BCUT2D eigenvalue weighted by atomic mass is 16.1. The van der Waals surface area contributed by atoms with E-state index in [0.29, 0.717) is 22.3 Å². The third kappa shape index (κ3) is 3.41. The molecule has 0 saturated heterocycles. The van der Waals surface area contributed by atoms with Crippen molar-refractivity contribution in [3.63, 3.8) is 0 Å². The second-order valence-electron chi connectivity index (χ2n) is 12.2. The molecule has 3 aromatic carbocycles. The molecule has 0 radical (unpaired) electrons. The Balaban J connectivity index is 2.18. The molecule has 0 amide bonds. The number of hydrogen-bond acceptors (Lipinski definition) is 2. The quantitative estimate of drug-likeness (QED) is 0.291. The highest BCUT2D eigenvalue weighted by Crippen LogP contribution is 2.46. The molecular formula is C30H34O2. The van der Waals surface area contributed by atoms with Gasteiger partial charge in [0, 0.05) is 22.3 Å². The van der Waals surface area contributed by atoms with Gasteiger partial charge in [0.25, 0.3) is 0 Å². The molecule has 32 heavy (non-hydrogen) atoms.